The maximum atomic E-state index is 12.0. The van der Waals surface area contributed by atoms with Gasteiger partial charge in [0.2, 0.25) is 11.8 Å². The van der Waals surface area contributed by atoms with Gasteiger partial charge in [-0.05, 0) is 51.2 Å². The van der Waals surface area contributed by atoms with E-state index in [2.05, 4.69) is 36.3 Å². The number of nitrogens with one attached hydrogen (secondary N) is 1. The molecular weight excluding hydrogens is 326 g/mol. The van der Waals surface area contributed by atoms with Gasteiger partial charge in [0.05, 0.1) is 5.52 Å². The van der Waals surface area contributed by atoms with Crippen molar-refractivity contribution in [2.24, 2.45) is 0 Å². The number of aryl methyl sites for hydroxylation is 1. The van der Waals surface area contributed by atoms with E-state index < -0.39 is 0 Å². The number of benzene rings is 1. The number of anilines is 1. The minimum Gasteiger partial charge on any atom is -0.381 e. The Morgan fingerprint density at radius 1 is 1.00 bits per heavy atom. The molecule has 26 heavy (non-hydrogen) atoms. The van der Waals surface area contributed by atoms with E-state index in [1.807, 2.05) is 12.1 Å². The van der Waals surface area contributed by atoms with Crippen molar-refractivity contribution < 1.29 is 9.59 Å². The summed E-state index contributed by atoms with van der Waals surface area (Å²) in [5.74, 6) is 0.0241. The van der Waals surface area contributed by atoms with Gasteiger partial charge in [-0.1, -0.05) is 18.2 Å². The predicted octanol–water partition coefficient (Wildman–Crippen LogP) is 3.72. The Balaban J connectivity index is 1.50. The largest absolute Gasteiger partial charge is 0.381 e. The van der Waals surface area contributed by atoms with Crippen molar-refractivity contribution in [3.63, 3.8) is 0 Å². The molecule has 1 aliphatic carbocycles. The molecule has 1 aromatic heterocycles. The van der Waals surface area contributed by atoms with Crippen LogP contribution in [-0.4, -0.2) is 33.8 Å². The van der Waals surface area contributed by atoms with E-state index in [0.717, 1.165) is 42.3 Å². The minimum atomic E-state index is 0.0120. The summed E-state index contributed by atoms with van der Waals surface area (Å²) in [6, 6.07) is 8.68. The van der Waals surface area contributed by atoms with E-state index in [0.29, 0.717) is 18.9 Å². The van der Waals surface area contributed by atoms with Crippen LogP contribution in [0.5, 0.6) is 0 Å². The maximum absolute atomic E-state index is 12.0. The summed E-state index contributed by atoms with van der Waals surface area (Å²) in [4.78, 5) is 30.2. The van der Waals surface area contributed by atoms with Crippen molar-refractivity contribution in [2.75, 3.05) is 5.32 Å². The molecule has 2 amide bonds. The van der Waals surface area contributed by atoms with Gasteiger partial charge in [-0.3, -0.25) is 19.5 Å². The molecule has 0 radical (unpaired) electrons. The van der Waals surface area contributed by atoms with Crippen LogP contribution in [0.15, 0.2) is 24.3 Å². The Morgan fingerprint density at radius 3 is 2.35 bits per heavy atom. The molecule has 1 aromatic carbocycles. The van der Waals surface area contributed by atoms with Gasteiger partial charge >= 0.3 is 0 Å². The molecule has 0 atom stereocenters. The molecule has 5 heteroatoms. The number of fused-ring (bicyclic) bond motifs is 1. The second kappa shape index (κ2) is 6.71. The third-order valence-corrected chi connectivity index (χ3v) is 5.88. The van der Waals surface area contributed by atoms with Crippen molar-refractivity contribution in [1.82, 2.24) is 9.88 Å². The Kier molecular flexibility index (Phi) is 4.39. The Bertz CT molecular complexity index is 853. The van der Waals surface area contributed by atoms with Crippen LogP contribution in [-0.2, 0) is 9.59 Å². The fourth-order valence-corrected chi connectivity index (χ4v) is 4.30. The third-order valence-electron chi connectivity index (χ3n) is 5.88. The monoisotopic (exact) mass is 351 g/mol. The van der Waals surface area contributed by atoms with Crippen molar-refractivity contribution in [1.29, 1.82) is 0 Å². The van der Waals surface area contributed by atoms with Crippen LogP contribution in [0.3, 0.4) is 0 Å². The quantitative estimate of drug-likeness (QED) is 0.856. The standard InChI is InChI=1S/C21H25N3O2/c1-13-14(2)22-18-6-4-3-5-17(18)21(13)23-15-7-9-16(10-8-15)24-19(25)11-12-20(24)26/h3-6,15-16H,7-12H2,1-2H3,(H,22,23). The van der Waals surface area contributed by atoms with Crippen molar-refractivity contribution in [2.45, 2.75) is 64.5 Å². The van der Waals surface area contributed by atoms with Crippen molar-refractivity contribution in [3.8, 4) is 0 Å². The molecule has 2 heterocycles. The van der Waals surface area contributed by atoms with E-state index in [9.17, 15) is 9.59 Å². The number of aromatic nitrogens is 1. The lowest BCUT2D eigenvalue weighted by atomic mass is 9.89. The molecule has 4 rings (SSSR count). The Labute approximate surface area is 153 Å². The van der Waals surface area contributed by atoms with Crippen LogP contribution in [0.4, 0.5) is 5.69 Å². The first-order valence-electron chi connectivity index (χ1n) is 9.52. The van der Waals surface area contributed by atoms with Gasteiger partial charge in [0, 0.05) is 41.7 Å². The molecule has 136 valence electrons. The lowest BCUT2D eigenvalue weighted by Crippen LogP contribution is -2.43. The highest BCUT2D eigenvalue weighted by atomic mass is 16.2. The van der Waals surface area contributed by atoms with Gasteiger partial charge < -0.3 is 5.32 Å². The molecule has 2 aromatic rings. The molecular formula is C21H25N3O2. The number of hydrogen-bond acceptors (Lipinski definition) is 4. The highest BCUT2D eigenvalue weighted by Crippen LogP contribution is 2.33. The van der Waals surface area contributed by atoms with Crippen LogP contribution < -0.4 is 5.32 Å². The second-order valence-corrected chi connectivity index (χ2v) is 7.52. The van der Waals surface area contributed by atoms with E-state index >= 15 is 0 Å². The van der Waals surface area contributed by atoms with Crippen LogP contribution in [0, 0.1) is 13.8 Å². The van der Waals surface area contributed by atoms with Gasteiger partial charge in [-0.25, -0.2) is 0 Å². The Hall–Kier alpha value is -2.43. The first kappa shape index (κ1) is 17.0. The lowest BCUT2D eigenvalue weighted by Gasteiger charge is -2.34. The molecule has 0 spiro atoms. The number of carbonyl (C=O) groups excluding carboxylic acids is 2. The second-order valence-electron chi connectivity index (χ2n) is 7.52. The number of likely N-dealkylation sites (tertiary alicyclic amines) is 1. The van der Waals surface area contributed by atoms with Gasteiger partial charge in [0.1, 0.15) is 0 Å². The normalized spacial score (nSPS) is 23.7. The third kappa shape index (κ3) is 2.96. The van der Waals surface area contributed by atoms with Crippen LogP contribution >= 0.6 is 0 Å². The summed E-state index contributed by atoms with van der Waals surface area (Å²) >= 11 is 0. The van der Waals surface area contributed by atoms with Crippen LogP contribution in [0.2, 0.25) is 0 Å². The average molecular weight is 351 g/mol. The summed E-state index contributed by atoms with van der Waals surface area (Å²) < 4.78 is 0. The summed E-state index contributed by atoms with van der Waals surface area (Å²) in [6.07, 6.45) is 4.48. The zero-order chi connectivity index (χ0) is 18.3. The summed E-state index contributed by atoms with van der Waals surface area (Å²) in [6.45, 7) is 4.17. The van der Waals surface area contributed by atoms with Crippen molar-refractivity contribution >= 4 is 28.4 Å². The fraction of sp³-hybridized carbons (Fsp3) is 0.476. The molecule has 2 fully saturated rings. The number of nitrogens with zero attached hydrogens (tertiary/aromatic N) is 2. The minimum absolute atomic E-state index is 0.0120. The number of rotatable bonds is 3. The molecule has 1 saturated heterocycles. The van der Waals surface area contributed by atoms with E-state index in [1.165, 1.54) is 16.2 Å². The highest BCUT2D eigenvalue weighted by molar-refractivity contribution is 6.02. The topological polar surface area (TPSA) is 62.3 Å². The lowest BCUT2D eigenvalue weighted by molar-refractivity contribution is -0.141. The maximum Gasteiger partial charge on any atom is 0.229 e. The molecule has 1 aliphatic heterocycles. The molecule has 0 bridgehead atoms. The number of imide groups is 1. The zero-order valence-corrected chi connectivity index (χ0v) is 15.4. The number of carbonyl (C=O) groups is 2. The number of amides is 2. The molecule has 2 aliphatic rings. The number of para-hydroxylation sites is 1. The summed E-state index contributed by atoms with van der Waals surface area (Å²) in [5, 5.41) is 4.89. The fourth-order valence-electron chi connectivity index (χ4n) is 4.30. The predicted molar refractivity (Wildman–Crippen MR) is 102 cm³/mol. The van der Waals surface area contributed by atoms with Gasteiger partial charge in [0.15, 0.2) is 0 Å². The van der Waals surface area contributed by atoms with E-state index in [1.54, 1.807) is 0 Å². The highest BCUT2D eigenvalue weighted by Gasteiger charge is 2.36. The van der Waals surface area contributed by atoms with Gasteiger partial charge in [0.25, 0.3) is 0 Å². The first-order valence-corrected chi connectivity index (χ1v) is 9.52. The number of pyridine rings is 1. The van der Waals surface area contributed by atoms with Gasteiger partial charge in [-0.2, -0.15) is 0 Å². The molecule has 1 saturated carbocycles. The van der Waals surface area contributed by atoms with E-state index in [4.69, 9.17) is 0 Å². The number of hydrogen-bond donors (Lipinski definition) is 1. The zero-order valence-electron chi connectivity index (χ0n) is 15.4. The van der Waals surface area contributed by atoms with Crippen LogP contribution in [0.1, 0.15) is 49.8 Å². The first-order chi connectivity index (χ1) is 12.5. The van der Waals surface area contributed by atoms with E-state index in [-0.39, 0.29) is 17.9 Å². The molecule has 1 N–H and O–H groups in total. The van der Waals surface area contributed by atoms with Gasteiger partial charge in [-0.15, -0.1) is 0 Å². The SMILES string of the molecule is Cc1nc2ccccc2c(NC2CCC(N3C(=O)CCC3=O)CC2)c1C. The van der Waals surface area contributed by atoms with Crippen LogP contribution in [0.25, 0.3) is 10.9 Å². The smallest absolute Gasteiger partial charge is 0.229 e. The summed E-state index contributed by atoms with van der Waals surface area (Å²) in [7, 11) is 0. The summed E-state index contributed by atoms with van der Waals surface area (Å²) in [5.41, 5.74) is 4.42. The molecule has 5 nitrogen and oxygen atoms in total. The Morgan fingerprint density at radius 2 is 1.65 bits per heavy atom. The van der Waals surface area contributed by atoms with Crippen molar-refractivity contribution in [3.05, 3.63) is 35.5 Å². The molecule has 0 unspecified atom stereocenters. The average Bonchev–Trinajstić information content (AvgIpc) is 2.98.